The number of hydrogen-bond donors (Lipinski definition) is 0. The molecule has 0 saturated carbocycles. The number of ether oxygens (including phenoxy) is 5. The molecule has 0 N–H and O–H groups in total. The van der Waals surface area contributed by atoms with E-state index < -0.39 is 0 Å². The van der Waals surface area contributed by atoms with Crippen molar-refractivity contribution in [3.8, 4) is 28.7 Å². The van der Waals surface area contributed by atoms with Crippen molar-refractivity contribution >= 4 is 43.4 Å². The van der Waals surface area contributed by atoms with Crippen molar-refractivity contribution in [2.24, 2.45) is 0 Å². The van der Waals surface area contributed by atoms with Crippen LogP contribution in [-0.4, -0.2) is 33.4 Å². The Hall–Kier alpha value is -4.39. The van der Waals surface area contributed by atoms with Gasteiger partial charge in [-0.05, 0) is 63.7 Å². The summed E-state index contributed by atoms with van der Waals surface area (Å²) in [5.74, 6) is 3.58. The first kappa shape index (κ1) is 23.4. The molecule has 0 atom stereocenters. The molecule has 0 aliphatic carbocycles. The lowest BCUT2D eigenvalue weighted by Crippen LogP contribution is -1.95. The topological polar surface area (TPSA) is 72.2 Å². The summed E-state index contributed by atoms with van der Waals surface area (Å²) in [6.45, 7) is 7.51. The largest absolute Gasteiger partial charge is 0.493 e. The molecule has 0 fully saturated rings. The maximum atomic E-state index is 6.16. The van der Waals surface area contributed by atoms with E-state index in [0.717, 1.165) is 38.7 Å². The fourth-order valence-electron chi connectivity index (χ4n) is 4.72. The highest BCUT2D eigenvalue weighted by molar-refractivity contribution is 6.31. The van der Waals surface area contributed by atoms with Gasteiger partial charge in [0, 0.05) is 11.8 Å². The molecule has 0 aliphatic rings. The molecule has 0 unspecified atom stereocenters. The summed E-state index contributed by atoms with van der Waals surface area (Å²) in [7, 11) is 6.47. The molecule has 0 radical (unpaired) electrons. The van der Waals surface area contributed by atoms with Crippen molar-refractivity contribution in [2.75, 3.05) is 28.4 Å². The molecular formula is C29H27NO6. The first-order chi connectivity index (χ1) is 17.6. The van der Waals surface area contributed by atoms with Crippen LogP contribution in [0.5, 0.6) is 28.7 Å². The number of aromatic nitrogens is 1. The first-order valence-corrected chi connectivity index (χ1v) is 11.5. The maximum Gasteiger partial charge on any atom is 0.197 e. The van der Waals surface area contributed by atoms with Crippen LogP contribution < -0.4 is 23.7 Å². The van der Waals surface area contributed by atoms with Crippen molar-refractivity contribution < 1.29 is 28.1 Å². The molecule has 36 heavy (non-hydrogen) atoms. The van der Waals surface area contributed by atoms with Gasteiger partial charge in [-0.25, -0.2) is 4.98 Å². The van der Waals surface area contributed by atoms with Crippen LogP contribution in [0.4, 0.5) is 0 Å². The minimum absolute atomic E-state index is 0.552. The zero-order valence-corrected chi connectivity index (χ0v) is 20.8. The zero-order chi connectivity index (χ0) is 25.4. The number of fused-ring (bicyclic) bond motifs is 8. The number of allylic oxidation sites excluding steroid dienone is 1. The summed E-state index contributed by atoms with van der Waals surface area (Å²) >= 11 is 0. The van der Waals surface area contributed by atoms with Gasteiger partial charge in [-0.3, -0.25) is 0 Å². The molecule has 0 saturated heterocycles. The maximum absolute atomic E-state index is 6.16. The smallest absolute Gasteiger partial charge is 0.197 e. The highest BCUT2D eigenvalue weighted by Crippen LogP contribution is 2.47. The van der Waals surface area contributed by atoms with Crippen LogP contribution >= 0.6 is 0 Å². The van der Waals surface area contributed by atoms with E-state index in [9.17, 15) is 0 Å². The minimum Gasteiger partial charge on any atom is -0.493 e. The molecule has 0 aliphatic heterocycles. The molecule has 4 aromatic carbocycles. The molecule has 7 nitrogen and oxygen atoms in total. The van der Waals surface area contributed by atoms with Gasteiger partial charge in [0.05, 0.1) is 34.7 Å². The Kier molecular flexibility index (Phi) is 6.06. The van der Waals surface area contributed by atoms with Crippen LogP contribution in [0.15, 0.2) is 60.2 Å². The van der Waals surface area contributed by atoms with Gasteiger partial charge >= 0.3 is 0 Å². The number of hydrogen-bond acceptors (Lipinski definition) is 7. The molecule has 7 heteroatoms. The monoisotopic (exact) mass is 485 g/mol. The third-order valence-corrected chi connectivity index (χ3v) is 6.35. The standard InChI is InChI=1S/C29H27NO6/c1-7-9-10-26-30-28-27-19-14-22(32-4)21(31-3)11-17(19)16-13-24(35-8-2)23(33-5)12-18(16)20(27)15-25(34-6)29(28)36-26/h7-8,11-15H,1-2,9-10H2,3-6H3. The van der Waals surface area contributed by atoms with Gasteiger partial charge in [-0.1, -0.05) is 12.7 Å². The van der Waals surface area contributed by atoms with E-state index in [2.05, 4.69) is 13.2 Å². The second-order valence-corrected chi connectivity index (χ2v) is 8.20. The molecule has 1 heterocycles. The molecule has 0 bridgehead atoms. The number of rotatable bonds is 9. The fourth-order valence-corrected chi connectivity index (χ4v) is 4.72. The van der Waals surface area contributed by atoms with Crippen molar-refractivity contribution in [3.05, 3.63) is 61.7 Å². The Balaban J connectivity index is 2.04. The van der Waals surface area contributed by atoms with Crippen molar-refractivity contribution in [1.82, 2.24) is 4.98 Å². The van der Waals surface area contributed by atoms with Crippen LogP contribution in [0.3, 0.4) is 0 Å². The normalized spacial score (nSPS) is 11.2. The van der Waals surface area contributed by atoms with Gasteiger partial charge in [0.15, 0.2) is 40.2 Å². The predicted molar refractivity (Wildman–Crippen MR) is 142 cm³/mol. The highest BCUT2D eigenvalue weighted by Gasteiger charge is 2.22. The summed E-state index contributed by atoms with van der Waals surface area (Å²) < 4.78 is 34.5. The van der Waals surface area contributed by atoms with Crippen LogP contribution in [-0.2, 0) is 6.42 Å². The third-order valence-electron chi connectivity index (χ3n) is 6.35. The summed E-state index contributed by atoms with van der Waals surface area (Å²) in [5.41, 5.74) is 1.31. The van der Waals surface area contributed by atoms with Crippen molar-refractivity contribution in [2.45, 2.75) is 12.8 Å². The minimum atomic E-state index is 0.552. The number of benzene rings is 4. The Labute approximate surface area is 208 Å². The van der Waals surface area contributed by atoms with E-state index in [1.807, 2.05) is 36.4 Å². The van der Waals surface area contributed by atoms with Gasteiger partial charge in [0.25, 0.3) is 0 Å². The lowest BCUT2D eigenvalue weighted by atomic mass is 9.92. The second-order valence-electron chi connectivity index (χ2n) is 8.20. The second kappa shape index (κ2) is 9.34. The lowest BCUT2D eigenvalue weighted by molar-refractivity contribution is 0.356. The van der Waals surface area contributed by atoms with Crippen molar-refractivity contribution in [3.63, 3.8) is 0 Å². The number of methoxy groups -OCH3 is 4. The molecule has 5 aromatic rings. The quantitative estimate of drug-likeness (QED) is 0.127. The Bertz CT molecular complexity index is 1630. The van der Waals surface area contributed by atoms with E-state index in [1.165, 1.54) is 6.26 Å². The number of nitrogens with zero attached hydrogens (tertiary/aromatic N) is 1. The highest BCUT2D eigenvalue weighted by atomic mass is 16.5. The third kappa shape index (κ3) is 3.55. The lowest BCUT2D eigenvalue weighted by Gasteiger charge is -2.17. The Morgan fingerprint density at radius 1 is 0.722 bits per heavy atom. The fraction of sp³-hybridized carbons (Fsp3) is 0.207. The van der Waals surface area contributed by atoms with E-state index in [-0.39, 0.29) is 0 Å². The Morgan fingerprint density at radius 2 is 1.22 bits per heavy atom. The predicted octanol–water partition coefficient (Wildman–Crippen LogP) is 6.96. The average molecular weight is 486 g/mol. The summed E-state index contributed by atoms with van der Waals surface area (Å²) in [6.07, 6.45) is 4.62. The molecule has 5 rings (SSSR count). The average Bonchev–Trinajstić information content (AvgIpc) is 3.34. The summed E-state index contributed by atoms with van der Waals surface area (Å²) in [6, 6.07) is 9.81. The number of oxazole rings is 1. The van der Waals surface area contributed by atoms with E-state index in [1.54, 1.807) is 28.4 Å². The van der Waals surface area contributed by atoms with Gasteiger partial charge in [-0.15, -0.1) is 6.58 Å². The SMILES string of the molecule is C=CCCc1nc2c(o1)c(OC)cc1c3cc(OC)c(OC=C)cc3c3cc(OC)c(OC)cc3c12. The van der Waals surface area contributed by atoms with Crippen LogP contribution in [0.25, 0.3) is 43.4 Å². The van der Waals surface area contributed by atoms with Crippen molar-refractivity contribution in [1.29, 1.82) is 0 Å². The van der Waals surface area contributed by atoms with Crippen LogP contribution in [0.1, 0.15) is 12.3 Å². The molecular weight excluding hydrogens is 458 g/mol. The van der Waals surface area contributed by atoms with Gasteiger partial charge in [0.2, 0.25) is 0 Å². The first-order valence-electron chi connectivity index (χ1n) is 11.5. The Morgan fingerprint density at radius 3 is 1.78 bits per heavy atom. The van der Waals surface area contributed by atoms with Gasteiger partial charge in [-0.2, -0.15) is 0 Å². The molecule has 0 spiro atoms. The van der Waals surface area contributed by atoms with Gasteiger partial charge < -0.3 is 28.1 Å². The molecule has 0 amide bonds. The van der Waals surface area contributed by atoms with E-state index in [0.29, 0.717) is 52.2 Å². The molecule has 184 valence electrons. The zero-order valence-electron chi connectivity index (χ0n) is 20.8. The van der Waals surface area contributed by atoms with Crippen LogP contribution in [0, 0.1) is 0 Å². The number of aryl methyl sites for hydroxylation is 1. The van der Waals surface area contributed by atoms with Crippen LogP contribution in [0.2, 0.25) is 0 Å². The molecule has 1 aromatic heterocycles. The van der Waals surface area contributed by atoms with E-state index >= 15 is 0 Å². The van der Waals surface area contributed by atoms with Gasteiger partial charge in [0.1, 0.15) is 5.52 Å². The summed E-state index contributed by atoms with van der Waals surface area (Å²) in [4.78, 5) is 4.90. The van der Waals surface area contributed by atoms with E-state index in [4.69, 9.17) is 33.1 Å². The summed E-state index contributed by atoms with van der Waals surface area (Å²) in [5, 5.41) is 5.60.